The molecule has 1 unspecified atom stereocenters. The molecule has 132 valence electrons. The van der Waals surface area contributed by atoms with Crippen LogP contribution in [0.15, 0.2) is 30.3 Å². The Balaban J connectivity index is 1.88. The maximum Gasteiger partial charge on any atom is 0.323 e. The summed E-state index contributed by atoms with van der Waals surface area (Å²) in [6, 6.07) is 9.98. The maximum atomic E-state index is 12.2. The molecular formula is C19H26O5. The minimum absolute atomic E-state index is 0.372. The van der Waals surface area contributed by atoms with Gasteiger partial charge < -0.3 is 14.2 Å². The lowest BCUT2D eigenvalue weighted by Crippen LogP contribution is -2.34. The van der Waals surface area contributed by atoms with Gasteiger partial charge in [-0.1, -0.05) is 37.3 Å². The van der Waals surface area contributed by atoms with Crippen LogP contribution in [0.25, 0.3) is 0 Å². The second kappa shape index (κ2) is 7.79. The van der Waals surface area contributed by atoms with Gasteiger partial charge in [-0.15, -0.1) is 0 Å². The molecule has 0 heterocycles. The normalized spacial score (nSPS) is 21.1. The lowest BCUT2D eigenvalue weighted by atomic mass is 9.86. The van der Waals surface area contributed by atoms with Crippen molar-refractivity contribution in [3.05, 3.63) is 35.9 Å². The van der Waals surface area contributed by atoms with Crippen LogP contribution >= 0.6 is 0 Å². The molecule has 0 aromatic heterocycles. The number of carbonyl (C=O) groups is 2. The summed E-state index contributed by atoms with van der Waals surface area (Å²) in [4.78, 5) is 24.4. The summed E-state index contributed by atoms with van der Waals surface area (Å²) in [5.74, 6) is -0.970. The highest BCUT2D eigenvalue weighted by Crippen LogP contribution is 2.69. The number of ether oxygens (including phenoxy) is 3. The Bertz CT molecular complexity index is 552. The highest BCUT2D eigenvalue weighted by molar-refractivity contribution is 6.04. The van der Waals surface area contributed by atoms with Crippen molar-refractivity contribution in [2.45, 2.75) is 39.2 Å². The Morgan fingerprint density at radius 1 is 1.08 bits per heavy atom. The molecule has 0 N–H and O–H groups in total. The molecular weight excluding hydrogens is 308 g/mol. The minimum atomic E-state index is -1.13. The summed E-state index contributed by atoms with van der Waals surface area (Å²) in [5.41, 5.74) is -0.374. The van der Waals surface area contributed by atoms with Gasteiger partial charge in [0.1, 0.15) is 0 Å². The predicted octanol–water partition coefficient (Wildman–Crippen LogP) is 3.12. The molecule has 1 aliphatic rings. The summed E-state index contributed by atoms with van der Waals surface area (Å²) in [6.45, 7) is 3.16. The molecule has 0 amide bonds. The lowest BCUT2D eigenvalue weighted by Gasteiger charge is -2.21. The number of carbonyl (C=O) groups excluding carboxylic acids is 2. The van der Waals surface area contributed by atoms with E-state index >= 15 is 0 Å². The van der Waals surface area contributed by atoms with Crippen LogP contribution in [-0.4, -0.2) is 32.8 Å². The van der Waals surface area contributed by atoms with Gasteiger partial charge >= 0.3 is 11.9 Å². The van der Waals surface area contributed by atoms with E-state index in [4.69, 9.17) is 14.2 Å². The summed E-state index contributed by atoms with van der Waals surface area (Å²) in [7, 11) is 2.63. The van der Waals surface area contributed by atoms with Crippen LogP contribution in [0.1, 0.15) is 38.2 Å². The first-order valence-electron chi connectivity index (χ1n) is 8.35. The molecule has 1 aromatic carbocycles. The fourth-order valence-electron chi connectivity index (χ4n) is 3.65. The molecule has 1 atom stereocenters. The number of methoxy groups -OCH3 is 2. The summed E-state index contributed by atoms with van der Waals surface area (Å²) in [5, 5.41) is 0. The standard InChI is InChI=1S/C19H26O5/c1-4-18(14-19(18,16(20)22-2)17(21)23-3)11-8-12-24-13-15-9-6-5-7-10-15/h5-7,9-10H,4,8,11-14H2,1-3H3. The Kier molecular flexibility index (Phi) is 5.99. The van der Waals surface area contributed by atoms with Gasteiger partial charge in [0.15, 0.2) is 5.41 Å². The van der Waals surface area contributed by atoms with Crippen molar-refractivity contribution in [2.24, 2.45) is 10.8 Å². The Morgan fingerprint density at radius 2 is 1.71 bits per heavy atom. The van der Waals surface area contributed by atoms with Gasteiger partial charge in [-0.05, 0) is 36.7 Å². The Morgan fingerprint density at radius 3 is 2.25 bits per heavy atom. The molecule has 0 saturated heterocycles. The molecule has 0 spiro atoms. The van der Waals surface area contributed by atoms with E-state index in [1.807, 2.05) is 37.3 Å². The van der Waals surface area contributed by atoms with Gasteiger partial charge in [-0.2, -0.15) is 0 Å². The van der Waals surface area contributed by atoms with Gasteiger partial charge in [0.25, 0.3) is 0 Å². The first kappa shape index (κ1) is 18.5. The number of hydrogen-bond acceptors (Lipinski definition) is 5. The molecule has 24 heavy (non-hydrogen) atoms. The maximum absolute atomic E-state index is 12.2. The SMILES string of the molecule is CCC1(CCCOCc2ccccc2)CC1(C(=O)OC)C(=O)OC. The zero-order valence-corrected chi connectivity index (χ0v) is 14.7. The van der Waals surface area contributed by atoms with Gasteiger partial charge in [0, 0.05) is 6.61 Å². The zero-order chi connectivity index (χ0) is 17.6. The van der Waals surface area contributed by atoms with E-state index in [9.17, 15) is 9.59 Å². The molecule has 0 aliphatic heterocycles. The van der Waals surface area contributed by atoms with Crippen LogP contribution in [0, 0.1) is 10.8 Å². The predicted molar refractivity (Wildman–Crippen MR) is 89.1 cm³/mol. The topological polar surface area (TPSA) is 61.8 Å². The first-order valence-corrected chi connectivity index (χ1v) is 8.35. The third-order valence-electron chi connectivity index (χ3n) is 5.18. The Labute approximate surface area is 143 Å². The fourth-order valence-corrected chi connectivity index (χ4v) is 3.65. The molecule has 1 aromatic rings. The van der Waals surface area contributed by atoms with Crippen molar-refractivity contribution in [2.75, 3.05) is 20.8 Å². The van der Waals surface area contributed by atoms with Crippen LogP contribution in [0.3, 0.4) is 0 Å². The minimum Gasteiger partial charge on any atom is -0.468 e. The third kappa shape index (κ3) is 3.31. The summed E-state index contributed by atoms with van der Waals surface area (Å²) in [6.07, 6.45) is 2.75. The van der Waals surface area contributed by atoms with E-state index in [1.54, 1.807) is 0 Å². The summed E-state index contributed by atoms with van der Waals surface area (Å²) < 4.78 is 15.4. The lowest BCUT2D eigenvalue weighted by molar-refractivity contribution is -0.163. The quantitative estimate of drug-likeness (QED) is 0.394. The monoisotopic (exact) mass is 334 g/mol. The van der Waals surface area contributed by atoms with Crippen LogP contribution in [0.5, 0.6) is 0 Å². The van der Waals surface area contributed by atoms with E-state index in [-0.39, 0.29) is 5.41 Å². The smallest absolute Gasteiger partial charge is 0.323 e. The highest BCUT2D eigenvalue weighted by Gasteiger charge is 2.76. The Hall–Kier alpha value is -1.88. The van der Waals surface area contributed by atoms with Gasteiger partial charge in [0.05, 0.1) is 20.8 Å². The van der Waals surface area contributed by atoms with Gasteiger partial charge in [-0.25, -0.2) is 0 Å². The van der Waals surface area contributed by atoms with Crippen LogP contribution in [0.2, 0.25) is 0 Å². The summed E-state index contributed by atoms with van der Waals surface area (Å²) >= 11 is 0. The van der Waals surface area contributed by atoms with Gasteiger partial charge in [0.2, 0.25) is 0 Å². The number of benzene rings is 1. The third-order valence-corrected chi connectivity index (χ3v) is 5.18. The van der Waals surface area contributed by atoms with Crippen molar-refractivity contribution < 1.29 is 23.8 Å². The van der Waals surface area contributed by atoms with Crippen molar-refractivity contribution in [3.8, 4) is 0 Å². The second-order valence-corrected chi connectivity index (χ2v) is 6.34. The largest absolute Gasteiger partial charge is 0.468 e. The van der Waals surface area contributed by atoms with E-state index < -0.39 is 17.4 Å². The molecule has 0 radical (unpaired) electrons. The van der Waals surface area contributed by atoms with Crippen LogP contribution < -0.4 is 0 Å². The number of esters is 2. The zero-order valence-electron chi connectivity index (χ0n) is 14.7. The van der Waals surface area contributed by atoms with Crippen LogP contribution in [0.4, 0.5) is 0 Å². The number of rotatable bonds is 9. The van der Waals surface area contributed by atoms with Crippen molar-refractivity contribution in [3.63, 3.8) is 0 Å². The van der Waals surface area contributed by atoms with Crippen molar-refractivity contribution in [1.82, 2.24) is 0 Å². The molecule has 0 bridgehead atoms. The number of hydrogen-bond donors (Lipinski definition) is 0. The molecule has 5 nitrogen and oxygen atoms in total. The molecule has 5 heteroatoms. The highest BCUT2D eigenvalue weighted by atomic mass is 16.5. The average Bonchev–Trinajstić information content (AvgIpc) is 3.31. The van der Waals surface area contributed by atoms with Crippen molar-refractivity contribution >= 4 is 11.9 Å². The molecule has 1 saturated carbocycles. The van der Waals surface area contributed by atoms with E-state index in [2.05, 4.69) is 0 Å². The molecule has 1 fully saturated rings. The van der Waals surface area contributed by atoms with E-state index in [0.29, 0.717) is 19.6 Å². The average molecular weight is 334 g/mol. The van der Waals surface area contributed by atoms with E-state index in [1.165, 1.54) is 14.2 Å². The molecule has 2 rings (SSSR count). The fraction of sp³-hybridized carbons (Fsp3) is 0.579. The molecule has 1 aliphatic carbocycles. The second-order valence-electron chi connectivity index (χ2n) is 6.34. The van der Waals surface area contributed by atoms with E-state index in [0.717, 1.165) is 24.8 Å². The van der Waals surface area contributed by atoms with Gasteiger partial charge in [-0.3, -0.25) is 9.59 Å². The van der Waals surface area contributed by atoms with Crippen molar-refractivity contribution in [1.29, 1.82) is 0 Å². The first-order chi connectivity index (χ1) is 11.6. The van der Waals surface area contributed by atoms with Crippen LogP contribution in [-0.2, 0) is 30.4 Å².